The molecule has 0 fully saturated rings. The fourth-order valence-electron chi connectivity index (χ4n) is 2.36. The number of nitrogens with zero attached hydrogens (tertiary/aromatic N) is 2. The van der Waals surface area contributed by atoms with E-state index in [4.69, 9.17) is 5.73 Å². The van der Waals surface area contributed by atoms with Gasteiger partial charge in [-0.05, 0) is 48.4 Å². The van der Waals surface area contributed by atoms with E-state index in [2.05, 4.69) is 27.0 Å². The second-order valence-corrected chi connectivity index (χ2v) is 5.56. The molecule has 1 amide bonds. The number of fused-ring (bicyclic) bond motifs is 1. The monoisotopic (exact) mass is 274 g/mol. The van der Waals surface area contributed by atoms with Gasteiger partial charge in [-0.25, -0.2) is 0 Å². The van der Waals surface area contributed by atoms with Crippen LogP contribution >= 0.6 is 11.3 Å². The van der Waals surface area contributed by atoms with E-state index in [1.54, 1.807) is 12.1 Å². The molecule has 1 aliphatic carbocycles. The Labute approximate surface area is 114 Å². The van der Waals surface area contributed by atoms with Gasteiger partial charge in [0, 0.05) is 4.88 Å². The lowest BCUT2D eigenvalue weighted by Crippen LogP contribution is -2.18. The molecule has 2 aromatic heterocycles. The highest BCUT2D eigenvalue weighted by Crippen LogP contribution is 2.34. The molecule has 0 saturated carbocycles. The SMILES string of the molecule is NC(=O)c1ccc(NC2CCCc3sccc32)nn1. The summed E-state index contributed by atoms with van der Waals surface area (Å²) < 4.78 is 0. The second-order valence-electron chi connectivity index (χ2n) is 4.56. The number of carbonyl (C=O) groups is 1. The number of thiophene rings is 1. The zero-order valence-corrected chi connectivity index (χ0v) is 11.1. The summed E-state index contributed by atoms with van der Waals surface area (Å²) in [6.45, 7) is 0. The van der Waals surface area contributed by atoms with Crippen LogP contribution in [-0.2, 0) is 6.42 Å². The summed E-state index contributed by atoms with van der Waals surface area (Å²) in [5.41, 5.74) is 6.68. The van der Waals surface area contributed by atoms with Gasteiger partial charge in [-0.1, -0.05) is 0 Å². The fraction of sp³-hybridized carbons (Fsp3) is 0.308. The summed E-state index contributed by atoms with van der Waals surface area (Å²) >= 11 is 1.81. The van der Waals surface area contributed by atoms with Gasteiger partial charge in [0.25, 0.3) is 5.91 Å². The molecule has 0 radical (unpaired) electrons. The third kappa shape index (κ3) is 2.44. The zero-order chi connectivity index (χ0) is 13.2. The Morgan fingerprint density at radius 1 is 1.37 bits per heavy atom. The number of amides is 1. The van der Waals surface area contributed by atoms with E-state index in [1.807, 2.05) is 11.3 Å². The van der Waals surface area contributed by atoms with Gasteiger partial charge in [0.15, 0.2) is 5.69 Å². The largest absolute Gasteiger partial charge is 0.364 e. The average Bonchev–Trinajstić information content (AvgIpc) is 2.89. The van der Waals surface area contributed by atoms with Crippen molar-refractivity contribution >= 4 is 23.1 Å². The number of rotatable bonds is 3. The van der Waals surface area contributed by atoms with Crippen molar-refractivity contribution in [3.63, 3.8) is 0 Å². The first-order valence-electron chi connectivity index (χ1n) is 6.20. The van der Waals surface area contributed by atoms with Crippen LogP contribution in [0, 0.1) is 0 Å². The lowest BCUT2D eigenvalue weighted by atomic mass is 9.94. The molecule has 19 heavy (non-hydrogen) atoms. The average molecular weight is 274 g/mol. The molecule has 1 atom stereocenters. The predicted octanol–water partition coefficient (Wildman–Crippen LogP) is 2.13. The normalized spacial score (nSPS) is 17.8. The molecule has 0 saturated heterocycles. The number of hydrogen-bond acceptors (Lipinski definition) is 5. The molecule has 5 nitrogen and oxygen atoms in total. The fourth-order valence-corrected chi connectivity index (χ4v) is 3.34. The number of nitrogens with one attached hydrogen (secondary N) is 1. The van der Waals surface area contributed by atoms with E-state index in [9.17, 15) is 4.79 Å². The molecule has 2 aromatic rings. The van der Waals surface area contributed by atoms with Crippen molar-refractivity contribution in [3.05, 3.63) is 39.7 Å². The van der Waals surface area contributed by atoms with Crippen LogP contribution in [0.1, 0.15) is 39.8 Å². The van der Waals surface area contributed by atoms with Crippen LogP contribution in [0.15, 0.2) is 23.6 Å². The highest BCUT2D eigenvalue weighted by atomic mass is 32.1. The van der Waals surface area contributed by atoms with Gasteiger partial charge < -0.3 is 11.1 Å². The minimum atomic E-state index is -0.558. The molecule has 0 aliphatic heterocycles. The first kappa shape index (κ1) is 12.1. The number of carbonyl (C=O) groups excluding carboxylic acids is 1. The van der Waals surface area contributed by atoms with E-state index in [-0.39, 0.29) is 11.7 Å². The van der Waals surface area contributed by atoms with Crippen LogP contribution in [0.5, 0.6) is 0 Å². The van der Waals surface area contributed by atoms with Gasteiger partial charge in [0.2, 0.25) is 0 Å². The van der Waals surface area contributed by atoms with Crippen molar-refractivity contribution in [1.29, 1.82) is 0 Å². The molecular formula is C13H14N4OS. The molecule has 3 rings (SSSR count). The number of aromatic nitrogens is 2. The maximum atomic E-state index is 10.9. The number of aryl methyl sites for hydroxylation is 1. The third-order valence-corrected chi connectivity index (χ3v) is 4.29. The highest BCUT2D eigenvalue weighted by molar-refractivity contribution is 7.10. The standard InChI is InChI=1S/C13H14N4OS/c14-13(18)10-4-5-12(17-16-10)15-9-2-1-3-11-8(9)6-7-19-11/h4-7,9H,1-3H2,(H2,14,18)(H,15,17). The van der Waals surface area contributed by atoms with Gasteiger partial charge in [-0.2, -0.15) is 0 Å². The molecule has 6 heteroatoms. The van der Waals surface area contributed by atoms with Crippen LogP contribution in [0.3, 0.4) is 0 Å². The Bertz CT molecular complexity index is 593. The smallest absolute Gasteiger partial charge is 0.269 e. The number of primary amides is 1. The molecule has 0 spiro atoms. The van der Waals surface area contributed by atoms with Gasteiger partial charge in [-0.15, -0.1) is 21.5 Å². The summed E-state index contributed by atoms with van der Waals surface area (Å²) in [7, 11) is 0. The number of hydrogen-bond donors (Lipinski definition) is 2. The van der Waals surface area contributed by atoms with Gasteiger partial charge in [-0.3, -0.25) is 4.79 Å². The van der Waals surface area contributed by atoms with E-state index in [1.165, 1.54) is 16.9 Å². The van der Waals surface area contributed by atoms with E-state index < -0.39 is 5.91 Å². The lowest BCUT2D eigenvalue weighted by Gasteiger charge is -2.23. The van der Waals surface area contributed by atoms with Crippen molar-refractivity contribution in [1.82, 2.24) is 10.2 Å². The Hall–Kier alpha value is -1.95. The first-order valence-corrected chi connectivity index (χ1v) is 7.08. The summed E-state index contributed by atoms with van der Waals surface area (Å²) in [6.07, 6.45) is 3.43. The van der Waals surface area contributed by atoms with E-state index in [0.29, 0.717) is 5.82 Å². The summed E-state index contributed by atoms with van der Waals surface area (Å²) in [4.78, 5) is 12.4. The Morgan fingerprint density at radius 3 is 3.00 bits per heavy atom. The van der Waals surface area contributed by atoms with Crippen molar-refractivity contribution < 1.29 is 4.79 Å². The molecule has 1 unspecified atom stereocenters. The Balaban J connectivity index is 1.78. The molecule has 3 N–H and O–H groups in total. The minimum Gasteiger partial charge on any atom is -0.364 e. The minimum absolute atomic E-state index is 0.186. The number of nitrogens with two attached hydrogens (primary N) is 1. The van der Waals surface area contributed by atoms with Crippen LogP contribution in [-0.4, -0.2) is 16.1 Å². The third-order valence-electron chi connectivity index (χ3n) is 3.29. The van der Waals surface area contributed by atoms with E-state index in [0.717, 1.165) is 12.8 Å². The maximum Gasteiger partial charge on any atom is 0.269 e. The Kier molecular flexibility index (Phi) is 3.16. The topological polar surface area (TPSA) is 80.9 Å². The summed E-state index contributed by atoms with van der Waals surface area (Å²) in [5.74, 6) is 0.117. The van der Waals surface area contributed by atoms with Crippen molar-refractivity contribution in [2.75, 3.05) is 5.32 Å². The zero-order valence-electron chi connectivity index (χ0n) is 10.3. The second kappa shape index (κ2) is 4.97. The molecule has 0 bridgehead atoms. The lowest BCUT2D eigenvalue weighted by molar-refractivity contribution is 0.0994. The summed E-state index contributed by atoms with van der Waals surface area (Å²) in [6, 6.07) is 5.79. The van der Waals surface area contributed by atoms with Crippen molar-refractivity contribution in [2.45, 2.75) is 25.3 Å². The van der Waals surface area contributed by atoms with Crippen LogP contribution in [0.2, 0.25) is 0 Å². The molecule has 2 heterocycles. The van der Waals surface area contributed by atoms with Crippen LogP contribution in [0.4, 0.5) is 5.82 Å². The molecule has 1 aliphatic rings. The quantitative estimate of drug-likeness (QED) is 0.898. The predicted molar refractivity (Wildman–Crippen MR) is 74.2 cm³/mol. The van der Waals surface area contributed by atoms with Crippen molar-refractivity contribution in [3.8, 4) is 0 Å². The molecular weight excluding hydrogens is 260 g/mol. The first-order chi connectivity index (χ1) is 9.24. The van der Waals surface area contributed by atoms with Gasteiger partial charge in [0.1, 0.15) is 5.82 Å². The maximum absolute atomic E-state index is 10.9. The highest BCUT2D eigenvalue weighted by Gasteiger charge is 2.21. The van der Waals surface area contributed by atoms with Gasteiger partial charge >= 0.3 is 0 Å². The van der Waals surface area contributed by atoms with Crippen LogP contribution < -0.4 is 11.1 Å². The Morgan fingerprint density at radius 2 is 2.26 bits per heavy atom. The van der Waals surface area contributed by atoms with Gasteiger partial charge in [0.05, 0.1) is 6.04 Å². The molecule has 98 valence electrons. The number of anilines is 1. The van der Waals surface area contributed by atoms with E-state index >= 15 is 0 Å². The summed E-state index contributed by atoms with van der Waals surface area (Å²) in [5, 5.41) is 13.3. The van der Waals surface area contributed by atoms with Crippen molar-refractivity contribution in [2.24, 2.45) is 5.73 Å². The van der Waals surface area contributed by atoms with Crippen LogP contribution in [0.25, 0.3) is 0 Å². The molecule has 0 aromatic carbocycles.